The molecule has 194 valence electrons. The van der Waals surface area contributed by atoms with Crippen molar-refractivity contribution in [3.05, 3.63) is 36.2 Å². The Hall–Kier alpha value is -2.89. The van der Waals surface area contributed by atoms with E-state index in [1.807, 2.05) is 13.0 Å². The zero-order valence-electron chi connectivity index (χ0n) is 20.7. The van der Waals surface area contributed by atoms with E-state index in [9.17, 15) is 8.78 Å². The largest absolute Gasteiger partial charge is 0.396 e. The molecule has 0 radical (unpaired) electrons. The third-order valence-electron chi connectivity index (χ3n) is 7.18. The molecule has 2 atom stereocenters. The van der Waals surface area contributed by atoms with Gasteiger partial charge in [-0.2, -0.15) is 9.97 Å². The van der Waals surface area contributed by atoms with Crippen molar-refractivity contribution in [3.63, 3.8) is 0 Å². The number of alkyl halides is 2. The van der Waals surface area contributed by atoms with E-state index in [-0.39, 0.29) is 30.5 Å². The minimum absolute atomic E-state index is 0.0152. The van der Waals surface area contributed by atoms with E-state index in [1.165, 1.54) is 4.57 Å². The minimum atomic E-state index is -2.77. The smallest absolute Gasteiger partial charge is 0.296 e. The third kappa shape index (κ3) is 4.87. The summed E-state index contributed by atoms with van der Waals surface area (Å²) in [4.78, 5) is 20.5. The van der Waals surface area contributed by atoms with Crippen LogP contribution in [-0.4, -0.2) is 94.2 Å². The Kier molecular flexibility index (Phi) is 7.31. The second-order valence-corrected chi connectivity index (χ2v) is 9.39. The molecule has 2 aliphatic heterocycles. The van der Waals surface area contributed by atoms with Crippen LogP contribution in [0, 0.1) is 0 Å². The Morgan fingerprint density at radius 1 is 1.03 bits per heavy atom. The molecule has 2 aliphatic rings. The van der Waals surface area contributed by atoms with Crippen molar-refractivity contribution in [1.29, 1.82) is 0 Å². The third-order valence-corrected chi connectivity index (χ3v) is 7.18. The van der Waals surface area contributed by atoms with Crippen LogP contribution in [0.15, 0.2) is 30.3 Å². The Balaban J connectivity index is 1.57. The number of aliphatic hydroxyl groups is 1. The number of nitrogens with zero attached hydrogens (tertiary/aromatic N) is 7. The van der Waals surface area contributed by atoms with Crippen molar-refractivity contribution >= 4 is 22.7 Å². The Labute approximate surface area is 209 Å². The second-order valence-electron chi connectivity index (χ2n) is 9.39. The summed E-state index contributed by atoms with van der Waals surface area (Å²) in [6, 6.07) is 9.10. The molecule has 2 aromatic heterocycles. The molecule has 0 amide bonds. The SMILES string of the molecule is C[C@@H]1[C@@H](C)OCCN1c1cc(N2CCN(CCCO)CC2)nc(-n2c(C(F)F)nc3ccccc32)n1. The Bertz CT molecular complexity index is 1180. The van der Waals surface area contributed by atoms with E-state index in [2.05, 4.69) is 26.6 Å². The Morgan fingerprint density at radius 2 is 1.78 bits per heavy atom. The van der Waals surface area contributed by atoms with Crippen molar-refractivity contribution in [2.75, 3.05) is 62.3 Å². The van der Waals surface area contributed by atoms with Gasteiger partial charge in [0.2, 0.25) is 5.95 Å². The molecular weight excluding hydrogens is 468 g/mol. The molecule has 4 heterocycles. The summed E-state index contributed by atoms with van der Waals surface area (Å²) in [5.41, 5.74) is 1.03. The maximum Gasteiger partial charge on any atom is 0.296 e. The molecule has 0 unspecified atom stereocenters. The number of para-hydroxylation sites is 2. The number of morpholine rings is 1. The molecule has 0 aliphatic carbocycles. The van der Waals surface area contributed by atoms with Crippen molar-refractivity contribution in [2.45, 2.75) is 38.8 Å². The quantitative estimate of drug-likeness (QED) is 0.529. The number of aromatic nitrogens is 4. The van der Waals surface area contributed by atoms with Crippen LogP contribution in [0.5, 0.6) is 0 Å². The lowest BCUT2D eigenvalue weighted by atomic mass is 10.1. The lowest BCUT2D eigenvalue weighted by molar-refractivity contribution is 0.0281. The lowest BCUT2D eigenvalue weighted by Gasteiger charge is -2.39. The van der Waals surface area contributed by atoms with Gasteiger partial charge in [-0.3, -0.25) is 9.47 Å². The number of ether oxygens (including phenoxy) is 1. The predicted molar refractivity (Wildman–Crippen MR) is 134 cm³/mol. The number of halogens is 2. The molecule has 1 aromatic carbocycles. The fraction of sp³-hybridized carbons (Fsp3) is 0.560. The molecule has 5 rings (SSSR count). The van der Waals surface area contributed by atoms with Gasteiger partial charge in [0.1, 0.15) is 11.6 Å². The minimum Gasteiger partial charge on any atom is -0.396 e. The molecule has 0 saturated carbocycles. The summed E-state index contributed by atoms with van der Waals surface area (Å²) in [7, 11) is 0. The van der Waals surface area contributed by atoms with Crippen LogP contribution in [0.2, 0.25) is 0 Å². The normalized spacial score (nSPS) is 21.6. The van der Waals surface area contributed by atoms with Gasteiger partial charge >= 0.3 is 0 Å². The molecule has 0 bridgehead atoms. The highest BCUT2D eigenvalue weighted by atomic mass is 19.3. The van der Waals surface area contributed by atoms with Gasteiger partial charge in [0.25, 0.3) is 6.43 Å². The van der Waals surface area contributed by atoms with E-state index < -0.39 is 6.43 Å². The van der Waals surface area contributed by atoms with Gasteiger partial charge in [-0.1, -0.05) is 12.1 Å². The fourth-order valence-electron chi connectivity index (χ4n) is 4.97. The number of rotatable bonds is 7. The lowest BCUT2D eigenvalue weighted by Crippen LogP contribution is -2.49. The molecule has 1 N–H and O–H groups in total. The van der Waals surface area contributed by atoms with Crippen molar-refractivity contribution in [2.24, 2.45) is 0 Å². The predicted octanol–water partition coefficient (Wildman–Crippen LogP) is 2.87. The molecule has 3 aromatic rings. The monoisotopic (exact) mass is 501 g/mol. The topological polar surface area (TPSA) is 82.8 Å². The van der Waals surface area contributed by atoms with Crippen molar-refractivity contribution in [3.8, 4) is 5.95 Å². The average Bonchev–Trinajstić information content (AvgIpc) is 3.29. The first kappa shape index (κ1) is 24.8. The zero-order valence-corrected chi connectivity index (χ0v) is 20.7. The molecule has 2 saturated heterocycles. The summed E-state index contributed by atoms with van der Waals surface area (Å²) < 4.78 is 35.4. The fourth-order valence-corrected chi connectivity index (χ4v) is 4.97. The maximum absolute atomic E-state index is 14.1. The highest BCUT2D eigenvalue weighted by molar-refractivity contribution is 5.78. The summed E-state index contributed by atoms with van der Waals surface area (Å²) in [6.45, 7) is 9.57. The Morgan fingerprint density at radius 3 is 2.53 bits per heavy atom. The highest BCUT2D eigenvalue weighted by Crippen LogP contribution is 2.31. The van der Waals surface area contributed by atoms with Crippen molar-refractivity contribution in [1.82, 2.24) is 24.4 Å². The number of benzene rings is 1. The summed E-state index contributed by atoms with van der Waals surface area (Å²) in [6.07, 6.45) is -2.01. The number of aliphatic hydroxyl groups excluding tert-OH is 1. The van der Waals surface area contributed by atoms with Gasteiger partial charge in [-0.05, 0) is 32.4 Å². The van der Waals surface area contributed by atoms with Crippen molar-refractivity contribution < 1.29 is 18.6 Å². The number of hydrogen-bond donors (Lipinski definition) is 1. The van der Waals surface area contributed by atoms with E-state index in [0.717, 1.165) is 39.1 Å². The molecule has 36 heavy (non-hydrogen) atoms. The van der Waals surface area contributed by atoms with Crippen LogP contribution in [0.25, 0.3) is 17.0 Å². The number of fused-ring (bicyclic) bond motifs is 1. The van der Waals surface area contributed by atoms with Gasteiger partial charge < -0.3 is 19.6 Å². The summed E-state index contributed by atoms with van der Waals surface area (Å²) in [5, 5.41) is 9.15. The number of imidazole rings is 1. The number of hydrogen-bond acceptors (Lipinski definition) is 8. The zero-order chi connectivity index (χ0) is 25.2. The van der Waals surface area contributed by atoms with Gasteiger partial charge in [-0.15, -0.1) is 0 Å². The van der Waals surface area contributed by atoms with E-state index in [1.54, 1.807) is 24.3 Å². The number of anilines is 2. The first-order chi connectivity index (χ1) is 17.5. The molecule has 11 heteroatoms. The molecule has 2 fully saturated rings. The van der Waals surface area contributed by atoms with Crippen LogP contribution >= 0.6 is 0 Å². The summed E-state index contributed by atoms with van der Waals surface area (Å²) in [5.74, 6) is 1.23. The van der Waals surface area contributed by atoms with Crippen LogP contribution in [0.3, 0.4) is 0 Å². The second kappa shape index (κ2) is 10.6. The van der Waals surface area contributed by atoms with Crippen LogP contribution in [0.1, 0.15) is 32.5 Å². The number of piperazine rings is 1. The first-order valence-corrected chi connectivity index (χ1v) is 12.6. The van der Waals surface area contributed by atoms with Gasteiger partial charge in [0.05, 0.1) is 29.8 Å². The molecule has 0 spiro atoms. The van der Waals surface area contributed by atoms with Crippen LogP contribution in [0.4, 0.5) is 20.4 Å². The van der Waals surface area contributed by atoms with Crippen LogP contribution < -0.4 is 9.80 Å². The van der Waals surface area contributed by atoms with E-state index in [0.29, 0.717) is 35.8 Å². The van der Waals surface area contributed by atoms with E-state index >= 15 is 0 Å². The van der Waals surface area contributed by atoms with Gasteiger partial charge in [-0.25, -0.2) is 13.8 Å². The standard InChI is InChI=1S/C25H33F2N7O2/c1-17-18(2)36-15-13-33(17)22-16-21(32-11-9-31(10-12-32)8-5-14-35)29-25(30-22)34-20-7-4-3-6-19(20)28-24(34)23(26)27/h3-4,6-7,16-18,23,35H,5,8-15H2,1-2H3/t17-,18-/m1/s1. The van der Waals surface area contributed by atoms with E-state index in [4.69, 9.17) is 19.8 Å². The highest BCUT2D eigenvalue weighted by Gasteiger charge is 2.30. The summed E-state index contributed by atoms with van der Waals surface area (Å²) >= 11 is 0. The molecular formula is C25H33F2N7O2. The van der Waals surface area contributed by atoms with Gasteiger partial charge in [0, 0.05) is 51.9 Å². The average molecular weight is 502 g/mol. The van der Waals surface area contributed by atoms with Crippen LogP contribution in [-0.2, 0) is 4.74 Å². The maximum atomic E-state index is 14.1. The molecule has 9 nitrogen and oxygen atoms in total. The van der Waals surface area contributed by atoms with Gasteiger partial charge in [0.15, 0.2) is 5.82 Å². The first-order valence-electron chi connectivity index (χ1n) is 12.6.